The highest BCUT2D eigenvalue weighted by molar-refractivity contribution is 5.16. The monoisotopic (exact) mass is 249 g/mol. The van der Waals surface area contributed by atoms with E-state index in [1.807, 2.05) is 6.07 Å². The van der Waals surface area contributed by atoms with E-state index in [9.17, 15) is 0 Å². The van der Waals surface area contributed by atoms with E-state index in [0.717, 1.165) is 31.0 Å². The molecule has 100 valence electrons. The zero-order valence-corrected chi connectivity index (χ0v) is 11.4. The van der Waals surface area contributed by atoms with Crippen LogP contribution in [-0.2, 0) is 0 Å². The first kappa shape index (κ1) is 13.3. The lowest BCUT2D eigenvalue weighted by molar-refractivity contribution is 0.391. The summed E-state index contributed by atoms with van der Waals surface area (Å²) in [5.74, 6) is 1.61. The largest absolute Gasteiger partial charge is 0.481 e. The molecule has 1 unspecified atom stereocenters. The first-order valence-electron chi connectivity index (χ1n) is 6.92. The van der Waals surface area contributed by atoms with Crippen LogP contribution in [0, 0.1) is 5.92 Å². The van der Waals surface area contributed by atoms with Crippen molar-refractivity contribution in [1.82, 2.24) is 15.3 Å². The minimum atomic E-state index is 0.336. The number of nitrogens with zero attached hydrogens (tertiary/aromatic N) is 2. The van der Waals surface area contributed by atoms with Crippen LogP contribution in [0.3, 0.4) is 0 Å². The van der Waals surface area contributed by atoms with Gasteiger partial charge >= 0.3 is 0 Å². The average molecular weight is 249 g/mol. The van der Waals surface area contributed by atoms with Gasteiger partial charge in [0.15, 0.2) is 0 Å². The van der Waals surface area contributed by atoms with Crippen molar-refractivity contribution in [2.45, 2.75) is 45.1 Å². The third-order valence-electron chi connectivity index (χ3n) is 3.43. The molecule has 0 amide bonds. The zero-order chi connectivity index (χ0) is 12.8. The van der Waals surface area contributed by atoms with Crippen molar-refractivity contribution >= 4 is 0 Å². The highest BCUT2D eigenvalue weighted by Crippen LogP contribution is 2.35. The maximum atomic E-state index is 5.17. The van der Waals surface area contributed by atoms with Gasteiger partial charge in [0.25, 0.3) is 0 Å². The maximum Gasteiger partial charge on any atom is 0.216 e. The number of nitrogens with one attached hydrogen (secondary N) is 1. The van der Waals surface area contributed by atoms with E-state index in [4.69, 9.17) is 4.74 Å². The molecule has 0 bridgehead atoms. The predicted octanol–water partition coefficient (Wildman–Crippen LogP) is 2.72. The van der Waals surface area contributed by atoms with Gasteiger partial charge in [-0.3, -0.25) is 0 Å². The predicted molar refractivity (Wildman–Crippen MR) is 71.6 cm³/mol. The number of hydrogen-bond donors (Lipinski definition) is 1. The summed E-state index contributed by atoms with van der Waals surface area (Å²) < 4.78 is 5.17. The molecule has 1 aliphatic rings. The summed E-state index contributed by atoms with van der Waals surface area (Å²) in [5.41, 5.74) is 1.05. The van der Waals surface area contributed by atoms with Gasteiger partial charge in [-0.2, -0.15) is 0 Å². The van der Waals surface area contributed by atoms with E-state index in [1.165, 1.54) is 19.3 Å². The van der Waals surface area contributed by atoms with Crippen LogP contribution in [0.5, 0.6) is 5.88 Å². The number of aromatic nitrogens is 2. The van der Waals surface area contributed by atoms with Crippen molar-refractivity contribution in [3.8, 4) is 5.88 Å². The fourth-order valence-electron chi connectivity index (χ4n) is 2.14. The van der Waals surface area contributed by atoms with Gasteiger partial charge in [0.05, 0.1) is 12.8 Å². The van der Waals surface area contributed by atoms with Crippen LogP contribution in [-0.4, -0.2) is 23.6 Å². The Labute approximate surface area is 109 Å². The molecule has 4 nitrogen and oxygen atoms in total. The van der Waals surface area contributed by atoms with Gasteiger partial charge in [0.1, 0.15) is 6.33 Å². The fraction of sp³-hybridized carbons (Fsp3) is 0.714. The highest BCUT2D eigenvalue weighted by atomic mass is 16.5. The lowest BCUT2D eigenvalue weighted by atomic mass is 10.1. The molecule has 1 aromatic rings. The van der Waals surface area contributed by atoms with E-state index in [-0.39, 0.29) is 0 Å². The summed E-state index contributed by atoms with van der Waals surface area (Å²) >= 11 is 0. The molecule has 1 atom stereocenters. The number of hydrogen-bond acceptors (Lipinski definition) is 4. The number of rotatable bonds is 8. The van der Waals surface area contributed by atoms with E-state index in [0.29, 0.717) is 11.9 Å². The first-order chi connectivity index (χ1) is 8.83. The van der Waals surface area contributed by atoms with E-state index >= 15 is 0 Å². The summed E-state index contributed by atoms with van der Waals surface area (Å²) in [4.78, 5) is 8.45. The smallest absolute Gasteiger partial charge is 0.216 e. The molecule has 0 radical (unpaired) electrons. The summed E-state index contributed by atoms with van der Waals surface area (Å²) in [6.45, 7) is 3.22. The van der Waals surface area contributed by atoms with Gasteiger partial charge in [0, 0.05) is 12.1 Å². The Morgan fingerprint density at radius 1 is 1.44 bits per heavy atom. The molecule has 0 aromatic carbocycles. The molecule has 2 rings (SSSR count). The van der Waals surface area contributed by atoms with Gasteiger partial charge in [-0.1, -0.05) is 19.8 Å². The third kappa shape index (κ3) is 3.95. The summed E-state index contributed by atoms with van der Waals surface area (Å²) in [5, 5.41) is 3.57. The molecular weight excluding hydrogens is 226 g/mol. The van der Waals surface area contributed by atoms with Crippen LogP contribution >= 0.6 is 0 Å². The SMILES string of the molecule is CCCNC(CCC1CC1)c1cc(OC)ncn1. The van der Waals surface area contributed by atoms with Crippen molar-refractivity contribution in [3.63, 3.8) is 0 Å². The van der Waals surface area contributed by atoms with Crippen LogP contribution in [0.25, 0.3) is 0 Å². The lowest BCUT2D eigenvalue weighted by Gasteiger charge is -2.18. The van der Waals surface area contributed by atoms with Crippen molar-refractivity contribution in [2.24, 2.45) is 5.92 Å². The molecular formula is C14H23N3O. The molecule has 0 aliphatic heterocycles. The van der Waals surface area contributed by atoms with Crippen LogP contribution in [0.1, 0.15) is 50.8 Å². The van der Waals surface area contributed by atoms with E-state index in [2.05, 4.69) is 22.2 Å². The molecule has 1 heterocycles. The molecule has 0 saturated heterocycles. The Balaban J connectivity index is 1.99. The van der Waals surface area contributed by atoms with Crippen LogP contribution in [0.4, 0.5) is 0 Å². The maximum absolute atomic E-state index is 5.17. The zero-order valence-electron chi connectivity index (χ0n) is 11.4. The molecule has 1 N–H and O–H groups in total. The Hall–Kier alpha value is -1.16. The van der Waals surface area contributed by atoms with Crippen LogP contribution in [0.15, 0.2) is 12.4 Å². The van der Waals surface area contributed by atoms with Crippen LogP contribution < -0.4 is 10.1 Å². The summed E-state index contributed by atoms with van der Waals surface area (Å²) in [7, 11) is 1.64. The van der Waals surface area contributed by atoms with Gasteiger partial charge in [-0.05, 0) is 31.7 Å². The standard InChI is InChI=1S/C14H23N3O/c1-3-8-15-12(7-6-11-4-5-11)13-9-14(18-2)17-10-16-13/h9-12,15H,3-8H2,1-2H3. The normalized spacial score (nSPS) is 16.6. The van der Waals surface area contributed by atoms with E-state index in [1.54, 1.807) is 13.4 Å². The highest BCUT2D eigenvalue weighted by Gasteiger charge is 2.23. The Morgan fingerprint density at radius 2 is 2.28 bits per heavy atom. The van der Waals surface area contributed by atoms with Gasteiger partial charge in [-0.15, -0.1) is 0 Å². The molecule has 1 saturated carbocycles. The van der Waals surface area contributed by atoms with Crippen molar-refractivity contribution in [3.05, 3.63) is 18.1 Å². The topological polar surface area (TPSA) is 47.0 Å². The van der Waals surface area contributed by atoms with Gasteiger partial charge in [-0.25, -0.2) is 9.97 Å². The molecule has 4 heteroatoms. The van der Waals surface area contributed by atoms with Gasteiger partial charge in [0.2, 0.25) is 5.88 Å². The quantitative estimate of drug-likeness (QED) is 0.769. The van der Waals surface area contributed by atoms with Crippen molar-refractivity contribution in [2.75, 3.05) is 13.7 Å². The Kier molecular flexibility index (Phi) is 4.93. The third-order valence-corrected chi connectivity index (χ3v) is 3.43. The molecule has 1 fully saturated rings. The fourth-order valence-corrected chi connectivity index (χ4v) is 2.14. The summed E-state index contributed by atoms with van der Waals surface area (Å²) in [6, 6.07) is 2.28. The number of methoxy groups -OCH3 is 1. The Morgan fingerprint density at radius 3 is 2.94 bits per heavy atom. The summed E-state index contributed by atoms with van der Waals surface area (Å²) in [6.07, 6.45) is 8.01. The van der Waals surface area contributed by atoms with Crippen LogP contribution in [0.2, 0.25) is 0 Å². The van der Waals surface area contributed by atoms with E-state index < -0.39 is 0 Å². The molecule has 0 spiro atoms. The lowest BCUT2D eigenvalue weighted by Crippen LogP contribution is -2.23. The first-order valence-corrected chi connectivity index (χ1v) is 6.92. The molecule has 1 aromatic heterocycles. The second-order valence-electron chi connectivity index (χ2n) is 5.01. The minimum Gasteiger partial charge on any atom is -0.481 e. The number of ether oxygens (including phenoxy) is 1. The van der Waals surface area contributed by atoms with Crippen molar-refractivity contribution < 1.29 is 4.74 Å². The molecule has 1 aliphatic carbocycles. The Bertz CT molecular complexity index is 366. The molecule has 18 heavy (non-hydrogen) atoms. The van der Waals surface area contributed by atoms with Gasteiger partial charge < -0.3 is 10.1 Å². The minimum absolute atomic E-state index is 0.336. The second kappa shape index (κ2) is 6.69. The van der Waals surface area contributed by atoms with Crippen molar-refractivity contribution in [1.29, 1.82) is 0 Å². The second-order valence-corrected chi connectivity index (χ2v) is 5.01. The average Bonchev–Trinajstić information content (AvgIpc) is 3.23.